The summed E-state index contributed by atoms with van der Waals surface area (Å²) in [7, 11) is -3.79. The molecule has 0 amide bonds. The Morgan fingerprint density at radius 1 is 1.48 bits per heavy atom. The third-order valence-electron chi connectivity index (χ3n) is 3.39. The first kappa shape index (κ1) is 17.0. The number of rotatable bonds is 4. The first-order chi connectivity index (χ1) is 9.85. The van der Waals surface area contributed by atoms with Crippen molar-refractivity contribution in [2.75, 3.05) is 17.8 Å². The van der Waals surface area contributed by atoms with Gasteiger partial charge in [-0.15, -0.1) is 0 Å². The molecular weight excluding hydrogens is 385 g/mol. The summed E-state index contributed by atoms with van der Waals surface area (Å²) in [5.41, 5.74) is 5.77. The molecule has 0 spiro atoms. The van der Waals surface area contributed by atoms with Crippen LogP contribution in [0.3, 0.4) is 0 Å². The Morgan fingerprint density at radius 2 is 2.19 bits per heavy atom. The lowest BCUT2D eigenvalue weighted by Crippen LogP contribution is -2.49. The molecule has 1 aliphatic heterocycles. The molecular formula is C12H16BrClFN3O2S. The zero-order chi connectivity index (χ0) is 15.6. The molecule has 2 rings (SSSR count). The Labute approximate surface area is 136 Å². The molecule has 1 unspecified atom stereocenters. The van der Waals surface area contributed by atoms with Crippen LogP contribution in [0, 0.1) is 5.82 Å². The number of benzene rings is 1. The van der Waals surface area contributed by atoms with Crippen LogP contribution in [0.25, 0.3) is 0 Å². The summed E-state index contributed by atoms with van der Waals surface area (Å²) in [5, 5.41) is -0.00763. The molecule has 9 heteroatoms. The minimum atomic E-state index is -3.79. The Morgan fingerprint density at radius 3 is 2.81 bits per heavy atom. The molecule has 1 aromatic rings. The zero-order valence-corrected chi connectivity index (χ0v) is 14.3. The van der Waals surface area contributed by atoms with Crippen molar-refractivity contribution in [1.82, 2.24) is 4.31 Å². The van der Waals surface area contributed by atoms with Gasteiger partial charge < -0.3 is 5.73 Å². The standard InChI is InChI=1S/C12H16BrClFN3O2S/c13-10-5-8(15)6-11(14)12(10)17-21(19,20)18-4-2-1-3-9(18)7-16/h5-6,9,17H,1-4,7,16H2. The van der Waals surface area contributed by atoms with Gasteiger partial charge in [0.1, 0.15) is 5.82 Å². The van der Waals surface area contributed by atoms with Crippen molar-refractivity contribution in [1.29, 1.82) is 0 Å². The van der Waals surface area contributed by atoms with E-state index in [9.17, 15) is 12.8 Å². The van der Waals surface area contributed by atoms with Crippen LogP contribution in [0.2, 0.25) is 5.02 Å². The van der Waals surface area contributed by atoms with E-state index in [4.69, 9.17) is 17.3 Å². The van der Waals surface area contributed by atoms with E-state index in [0.717, 1.165) is 31.4 Å². The topological polar surface area (TPSA) is 75.4 Å². The van der Waals surface area contributed by atoms with Crippen molar-refractivity contribution in [3.05, 3.63) is 27.4 Å². The molecule has 0 radical (unpaired) electrons. The molecule has 0 aliphatic carbocycles. The van der Waals surface area contributed by atoms with Gasteiger partial charge in [-0.1, -0.05) is 18.0 Å². The molecule has 118 valence electrons. The highest BCUT2D eigenvalue weighted by Gasteiger charge is 2.32. The van der Waals surface area contributed by atoms with Gasteiger partial charge >= 0.3 is 10.2 Å². The van der Waals surface area contributed by atoms with Crippen molar-refractivity contribution in [2.24, 2.45) is 5.73 Å². The van der Waals surface area contributed by atoms with Crippen LogP contribution in [0.15, 0.2) is 16.6 Å². The summed E-state index contributed by atoms with van der Waals surface area (Å²) < 4.78 is 42.2. The van der Waals surface area contributed by atoms with Crippen LogP contribution in [-0.2, 0) is 10.2 Å². The number of nitrogens with one attached hydrogen (secondary N) is 1. The van der Waals surface area contributed by atoms with E-state index >= 15 is 0 Å². The number of nitrogens with two attached hydrogens (primary N) is 1. The normalized spacial score (nSPS) is 20.5. The van der Waals surface area contributed by atoms with E-state index in [1.807, 2.05) is 0 Å². The molecule has 1 fully saturated rings. The van der Waals surface area contributed by atoms with Gasteiger partial charge in [0.2, 0.25) is 0 Å². The fraction of sp³-hybridized carbons (Fsp3) is 0.500. The Balaban J connectivity index is 2.29. The molecule has 5 nitrogen and oxygen atoms in total. The summed E-state index contributed by atoms with van der Waals surface area (Å²) in [4.78, 5) is 0. The second-order valence-corrected chi connectivity index (χ2v) is 7.73. The molecule has 1 saturated heterocycles. The molecule has 1 atom stereocenters. The SMILES string of the molecule is NCC1CCCCN1S(=O)(=O)Nc1c(Cl)cc(F)cc1Br. The van der Waals surface area contributed by atoms with Gasteiger partial charge in [0, 0.05) is 23.6 Å². The minimum absolute atomic E-state index is 0.00763. The summed E-state index contributed by atoms with van der Waals surface area (Å²) in [6.07, 6.45) is 2.47. The van der Waals surface area contributed by atoms with Gasteiger partial charge in [-0.2, -0.15) is 12.7 Å². The molecule has 1 aliphatic rings. The van der Waals surface area contributed by atoms with Crippen molar-refractivity contribution in [3.8, 4) is 0 Å². The van der Waals surface area contributed by atoms with Gasteiger partial charge in [-0.05, 0) is 40.9 Å². The Kier molecular flexibility index (Phi) is 5.48. The molecule has 0 bridgehead atoms. The highest BCUT2D eigenvalue weighted by Crippen LogP contribution is 2.33. The maximum atomic E-state index is 13.2. The zero-order valence-electron chi connectivity index (χ0n) is 11.2. The van der Waals surface area contributed by atoms with E-state index in [-0.39, 0.29) is 27.8 Å². The third-order valence-corrected chi connectivity index (χ3v) is 5.88. The second kappa shape index (κ2) is 6.78. The highest BCUT2D eigenvalue weighted by atomic mass is 79.9. The molecule has 1 heterocycles. The van der Waals surface area contributed by atoms with E-state index in [2.05, 4.69) is 20.7 Å². The molecule has 3 N–H and O–H groups in total. The highest BCUT2D eigenvalue weighted by molar-refractivity contribution is 9.10. The lowest BCUT2D eigenvalue weighted by Gasteiger charge is -2.34. The van der Waals surface area contributed by atoms with Crippen LogP contribution in [0.5, 0.6) is 0 Å². The second-order valence-electron chi connectivity index (χ2n) is 4.85. The number of nitrogens with zero attached hydrogens (tertiary/aromatic N) is 1. The van der Waals surface area contributed by atoms with E-state index in [1.165, 1.54) is 4.31 Å². The van der Waals surface area contributed by atoms with Crippen molar-refractivity contribution >= 4 is 43.4 Å². The number of piperidine rings is 1. The van der Waals surface area contributed by atoms with E-state index in [0.29, 0.717) is 6.54 Å². The number of halogens is 3. The number of anilines is 1. The lowest BCUT2D eigenvalue weighted by molar-refractivity contribution is 0.259. The third kappa shape index (κ3) is 3.87. The van der Waals surface area contributed by atoms with E-state index < -0.39 is 16.0 Å². The van der Waals surface area contributed by atoms with Crippen LogP contribution in [0.1, 0.15) is 19.3 Å². The van der Waals surface area contributed by atoms with Gasteiger partial charge in [0.15, 0.2) is 0 Å². The average Bonchev–Trinajstić information content (AvgIpc) is 2.43. The van der Waals surface area contributed by atoms with Crippen molar-refractivity contribution in [3.63, 3.8) is 0 Å². The van der Waals surface area contributed by atoms with Crippen LogP contribution in [-0.4, -0.2) is 31.9 Å². The Hall–Kier alpha value is -0.410. The minimum Gasteiger partial charge on any atom is -0.329 e. The fourth-order valence-corrected chi connectivity index (χ4v) is 4.99. The smallest absolute Gasteiger partial charge is 0.302 e. The van der Waals surface area contributed by atoms with Crippen LogP contribution in [0.4, 0.5) is 10.1 Å². The maximum Gasteiger partial charge on any atom is 0.302 e. The quantitative estimate of drug-likeness (QED) is 0.816. The van der Waals surface area contributed by atoms with Gasteiger partial charge in [-0.3, -0.25) is 4.72 Å². The first-order valence-corrected chi connectivity index (χ1v) is 9.10. The average molecular weight is 401 g/mol. The van der Waals surface area contributed by atoms with Crippen LogP contribution >= 0.6 is 27.5 Å². The fourth-order valence-electron chi connectivity index (χ4n) is 2.35. The summed E-state index contributed by atoms with van der Waals surface area (Å²) in [6, 6.07) is 1.98. The largest absolute Gasteiger partial charge is 0.329 e. The van der Waals surface area contributed by atoms with E-state index in [1.54, 1.807) is 0 Å². The lowest BCUT2D eigenvalue weighted by atomic mass is 10.1. The molecule has 21 heavy (non-hydrogen) atoms. The van der Waals surface area contributed by atoms with Gasteiger partial charge in [0.25, 0.3) is 0 Å². The van der Waals surface area contributed by atoms with Crippen molar-refractivity contribution < 1.29 is 12.8 Å². The maximum absolute atomic E-state index is 13.2. The summed E-state index contributed by atoms with van der Waals surface area (Å²) >= 11 is 9.02. The Bertz CT molecular complexity index is 606. The molecule has 0 aromatic heterocycles. The summed E-state index contributed by atoms with van der Waals surface area (Å²) in [6.45, 7) is 0.673. The number of hydrogen-bond donors (Lipinski definition) is 2. The van der Waals surface area contributed by atoms with Crippen LogP contribution < -0.4 is 10.5 Å². The summed E-state index contributed by atoms with van der Waals surface area (Å²) in [5.74, 6) is -0.548. The predicted octanol–water partition coefficient (Wildman–Crippen LogP) is 2.71. The predicted molar refractivity (Wildman–Crippen MR) is 85.1 cm³/mol. The first-order valence-electron chi connectivity index (χ1n) is 6.49. The molecule has 0 saturated carbocycles. The monoisotopic (exact) mass is 399 g/mol. The van der Waals surface area contributed by atoms with Gasteiger partial charge in [0.05, 0.1) is 10.7 Å². The van der Waals surface area contributed by atoms with Crippen molar-refractivity contribution in [2.45, 2.75) is 25.3 Å². The number of hydrogen-bond acceptors (Lipinski definition) is 3. The molecule has 1 aromatic carbocycles. The van der Waals surface area contributed by atoms with Gasteiger partial charge in [-0.25, -0.2) is 4.39 Å².